The van der Waals surface area contributed by atoms with Gasteiger partial charge in [-0.2, -0.15) is 0 Å². The highest BCUT2D eigenvalue weighted by atomic mass is 32.1. The van der Waals surface area contributed by atoms with Gasteiger partial charge in [-0.25, -0.2) is 4.98 Å². The van der Waals surface area contributed by atoms with E-state index in [0.29, 0.717) is 6.54 Å². The van der Waals surface area contributed by atoms with Crippen LogP contribution in [0.2, 0.25) is 0 Å². The molecule has 0 N–H and O–H groups in total. The lowest BCUT2D eigenvalue weighted by Gasteiger charge is -2.40. The number of hydrogen-bond donors (Lipinski definition) is 0. The second-order valence-corrected chi connectivity index (χ2v) is 6.16. The summed E-state index contributed by atoms with van der Waals surface area (Å²) in [4.78, 5) is 32.6. The first kappa shape index (κ1) is 12.6. The van der Waals surface area contributed by atoms with Crippen LogP contribution in [0.5, 0.6) is 0 Å². The lowest BCUT2D eigenvalue weighted by molar-refractivity contribution is -0.159. The summed E-state index contributed by atoms with van der Waals surface area (Å²) in [5, 5.41) is 2.87. The fourth-order valence-electron chi connectivity index (χ4n) is 2.88. The highest BCUT2D eigenvalue weighted by Crippen LogP contribution is 2.28. The molecule has 1 aromatic heterocycles. The van der Waals surface area contributed by atoms with E-state index in [-0.39, 0.29) is 23.9 Å². The van der Waals surface area contributed by atoms with Gasteiger partial charge in [0.15, 0.2) is 0 Å². The Morgan fingerprint density at radius 2 is 2.21 bits per heavy atom. The highest BCUT2D eigenvalue weighted by Gasteiger charge is 2.45. The summed E-state index contributed by atoms with van der Waals surface area (Å²) in [7, 11) is 0. The zero-order chi connectivity index (χ0) is 13.6. The summed E-state index contributed by atoms with van der Waals surface area (Å²) >= 11 is 1.54. The van der Waals surface area contributed by atoms with E-state index < -0.39 is 0 Å². The number of amides is 2. The summed E-state index contributed by atoms with van der Waals surface area (Å²) in [6, 6.07) is -0.601. The molecule has 5 nitrogen and oxygen atoms in total. The monoisotopic (exact) mass is 279 g/mol. The molecule has 2 atom stereocenters. The molecule has 2 amide bonds. The molecule has 0 aliphatic carbocycles. The van der Waals surface area contributed by atoms with Gasteiger partial charge in [0.1, 0.15) is 17.1 Å². The normalized spacial score (nSPS) is 27.1. The van der Waals surface area contributed by atoms with Crippen LogP contribution in [-0.2, 0) is 16.1 Å². The Kier molecular flexibility index (Phi) is 3.05. The number of carbonyl (C=O) groups excluding carboxylic acids is 2. The largest absolute Gasteiger partial charge is 0.329 e. The Morgan fingerprint density at radius 1 is 1.42 bits per heavy atom. The number of aryl methyl sites for hydroxylation is 1. The van der Waals surface area contributed by atoms with Crippen molar-refractivity contribution in [3.8, 4) is 0 Å². The third-order valence-electron chi connectivity index (χ3n) is 3.90. The Bertz CT molecular complexity index is 528. The van der Waals surface area contributed by atoms with Crippen LogP contribution in [0.25, 0.3) is 0 Å². The highest BCUT2D eigenvalue weighted by molar-refractivity contribution is 7.09. The Balaban J connectivity index is 1.83. The van der Waals surface area contributed by atoms with E-state index in [1.165, 1.54) is 0 Å². The van der Waals surface area contributed by atoms with Gasteiger partial charge in [-0.15, -0.1) is 11.3 Å². The molecule has 2 aliphatic heterocycles. The van der Waals surface area contributed by atoms with Gasteiger partial charge in [-0.1, -0.05) is 0 Å². The third kappa shape index (κ3) is 2.04. The topological polar surface area (TPSA) is 53.5 Å². The first-order valence-electron chi connectivity index (χ1n) is 6.60. The molecular formula is C13H17N3O2S. The standard InChI is InChI=1S/C13H17N3O2S/c1-8-7-19-11(14-8)6-16-9(2)12(17)15-5-3-4-10(15)13(16)18/h7,9-10H,3-6H2,1-2H3/t9-,10+/m0/s1. The smallest absolute Gasteiger partial charge is 0.246 e. The van der Waals surface area contributed by atoms with Crippen molar-refractivity contribution in [1.82, 2.24) is 14.8 Å². The lowest BCUT2D eigenvalue weighted by atomic mass is 10.1. The predicted octanol–water partition coefficient (Wildman–Crippen LogP) is 1.17. The summed E-state index contributed by atoms with van der Waals surface area (Å²) in [5.74, 6) is 0.160. The fraction of sp³-hybridized carbons (Fsp3) is 0.615. The van der Waals surface area contributed by atoms with Gasteiger partial charge in [-0.3, -0.25) is 9.59 Å². The van der Waals surface area contributed by atoms with Crippen LogP contribution in [0.1, 0.15) is 30.5 Å². The Labute approximate surface area is 116 Å². The Morgan fingerprint density at radius 3 is 2.89 bits per heavy atom. The van der Waals surface area contributed by atoms with E-state index in [9.17, 15) is 9.59 Å². The van der Waals surface area contributed by atoms with Crippen molar-refractivity contribution >= 4 is 23.2 Å². The van der Waals surface area contributed by atoms with Crippen LogP contribution in [0, 0.1) is 6.92 Å². The number of hydrogen-bond acceptors (Lipinski definition) is 4. The molecule has 19 heavy (non-hydrogen) atoms. The van der Waals surface area contributed by atoms with Crippen molar-refractivity contribution in [2.45, 2.75) is 45.3 Å². The maximum atomic E-state index is 12.5. The van der Waals surface area contributed by atoms with Crippen LogP contribution >= 0.6 is 11.3 Å². The van der Waals surface area contributed by atoms with Crippen molar-refractivity contribution in [3.63, 3.8) is 0 Å². The van der Waals surface area contributed by atoms with E-state index in [1.807, 2.05) is 19.2 Å². The SMILES string of the molecule is Cc1csc(CN2C(=O)[C@H]3CCCN3C(=O)[C@@H]2C)n1. The van der Waals surface area contributed by atoms with Crippen molar-refractivity contribution < 1.29 is 9.59 Å². The maximum Gasteiger partial charge on any atom is 0.246 e. The van der Waals surface area contributed by atoms with Gasteiger partial charge in [-0.05, 0) is 26.7 Å². The number of thiazole rings is 1. The zero-order valence-corrected chi connectivity index (χ0v) is 11.9. The first-order chi connectivity index (χ1) is 9.08. The third-order valence-corrected chi connectivity index (χ3v) is 4.85. The van der Waals surface area contributed by atoms with Crippen molar-refractivity contribution in [2.75, 3.05) is 6.54 Å². The van der Waals surface area contributed by atoms with E-state index in [4.69, 9.17) is 0 Å². The number of fused-ring (bicyclic) bond motifs is 1. The van der Waals surface area contributed by atoms with E-state index in [0.717, 1.165) is 30.1 Å². The van der Waals surface area contributed by atoms with Crippen molar-refractivity contribution in [2.24, 2.45) is 0 Å². The first-order valence-corrected chi connectivity index (χ1v) is 7.48. The van der Waals surface area contributed by atoms with Gasteiger partial charge in [0.2, 0.25) is 11.8 Å². The minimum atomic E-state index is -0.369. The zero-order valence-electron chi connectivity index (χ0n) is 11.1. The van der Waals surface area contributed by atoms with Gasteiger partial charge >= 0.3 is 0 Å². The van der Waals surface area contributed by atoms with E-state index in [2.05, 4.69) is 4.98 Å². The minimum Gasteiger partial charge on any atom is -0.329 e. The molecule has 2 aliphatic rings. The van der Waals surface area contributed by atoms with Crippen molar-refractivity contribution in [1.29, 1.82) is 0 Å². The summed E-state index contributed by atoms with van der Waals surface area (Å²) in [6.45, 7) is 4.93. The van der Waals surface area contributed by atoms with Crippen LogP contribution in [0.15, 0.2) is 5.38 Å². The van der Waals surface area contributed by atoms with Crippen LogP contribution < -0.4 is 0 Å². The molecule has 3 rings (SSSR count). The maximum absolute atomic E-state index is 12.5. The van der Waals surface area contributed by atoms with Crippen molar-refractivity contribution in [3.05, 3.63) is 16.1 Å². The molecule has 2 fully saturated rings. The van der Waals surface area contributed by atoms with Crippen LogP contribution in [-0.4, -0.2) is 45.2 Å². The second-order valence-electron chi connectivity index (χ2n) is 5.21. The molecule has 3 heterocycles. The quantitative estimate of drug-likeness (QED) is 0.816. The number of aromatic nitrogens is 1. The summed E-state index contributed by atoms with van der Waals surface area (Å²) in [5.41, 5.74) is 0.964. The fourth-order valence-corrected chi connectivity index (χ4v) is 3.65. The molecule has 0 saturated carbocycles. The van der Waals surface area contributed by atoms with Crippen LogP contribution in [0.4, 0.5) is 0 Å². The van der Waals surface area contributed by atoms with Gasteiger partial charge in [0.25, 0.3) is 0 Å². The molecular weight excluding hydrogens is 262 g/mol. The summed E-state index contributed by atoms with van der Waals surface area (Å²) in [6.07, 6.45) is 1.73. The van der Waals surface area contributed by atoms with Crippen LogP contribution in [0.3, 0.4) is 0 Å². The average Bonchev–Trinajstić information content (AvgIpc) is 3.01. The van der Waals surface area contributed by atoms with E-state index in [1.54, 1.807) is 21.1 Å². The lowest BCUT2D eigenvalue weighted by Crippen LogP contribution is -2.61. The predicted molar refractivity (Wildman–Crippen MR) is 71.6 cm³/mol. The molecule has 1 aromatic rings. The van der Waals surface area contributed by atoms with Gasteiger partial charge < -0.3 is 9.80 Å². The number of rotatable bonds is 2. The molecule has 102 valence electrons. The average molecular weight is 279 g/mol. The molecule has 2 saturated heterocycles. The van der Waals surface area contributed by atoms with E-state index >= 15 is 0 Å². The Hall–Kier alpha value is -1.43. The second kappa shape index (κ2) is 4.59. The molecule has 6 heteroatoms. The molecule has 0 unspecified atom stereocenters. The number of piperazine rings is 1. The molecule has 0 bridgehead atoms. The van der Waals surface area contributed by atoms with Gasteiger partial charge in [0, 0.05) is 17.6 Å². The minimum absolute atomic E-state index is 0.0791. The molecule has 0 spiro atoms. The summed E-state index contributed by atoms with van der Waals surface area (Å²) < 4.78 is 0. The van der Waals surface area contributed by atoms with Gasteiger partial charge in [0.05, 0.1) is 6.54 Å². The number of carbonyl (C=O) groups is 2. The number of nitrogens with zero attached hydrogens (tertiary/aromatic N) is 3. The molecule has 0 radical (unpaired) electrons. The molecule has 0 aromatic carbocycles.